The number of rotatable bonds is 9. The van der Waals surface area contributed by atoms with Gasteiger partial charge in [-0.2, -0.15) is 0 Å². The molecule has 1 aliphatic rings. The second-order valence-electron chi connectivity index (χ2n) is 9.84. The van der Waals surface area contributed by atoms with Gasteiger partial charge in [-0.1, -0.05) is 34.5 Å². The van der Waals surface area contributed by atoms with Gasteiger partial charge in [0.2, 0.25) is 0 Å². The van der Waals surface area contributed by atoms with Gasteiger partial charge in [-0.3, -0.25) is 9.59 Å². The third-order valence-corrected chi connectivity index (χ3v) is 7.25. The quantitative estimate of drug-likeness (QED) is 0.292. The summed E-state index contributed by atoms with van der Waals surface area (Å²) >= 11 is 10.0. The summed E-state index contributed by atoms with van der Waals surface area (Å²) in [5.74, 6) is 1.09. The molecule has 39 heavy (non-hydrogen) atoms. The highest BCUT2D eigenvalue weighted by atomic mass is 79.9. The number of piperazine rings is 1. The van der Waals surface area contributed by atoms with Crippen molar-refractivity contribution in [1.29, 1.82) is 0 Å². The lowest BCUT2D eigenvalue weighted by atomic mass is 10.1. The van der Waals surface area contributed by atoms with E-state index in [0.717, 1.165) is 22.3 Å². The van der Waals surface area contributed by atoms with Crippen LogP contribution in [0.3, 0.4) is 0 Å². The highest BCUT2D eigenvalue weighted by molar-refractivity contribution is 9.10. The fraction of sp³-hybridized carbons (Fsp3) is 0.333. The number of halogens is 2. The average Bonchev–Trinajstić information content (AvgIpc) is 2.93. The van der Waals surface area contributed by atoms with Crippen LogP contribution in [0.5, 0.6) is 11.5 Å². The van der Waals surface area contributed by atoms with Crippen LogP contribution in [0.2, 0.25) is 5.02 Å². The van der Waals surface area contributed by atoms with E-state index in [-0.39, 0.29) is 11.8 Å². The third-order valence-electron chi connectivity index (χ3n) is 6.42. The summed E-state index contributed by atoms with van der Waals surface area (Å²) in [4.78, 5) is 29.9. The first-order valence-electron chi connectivity index (χ1n) is 13.0. The summed E-state index contributed by atoms with van der Waals surface area (Å²) in [6.07, 6.45) is 0.937. The number of anilines is 2. The van der Waals surface area contributed by atoms with E-state index in [1.165, 1.54) is 0 Å². The maximum absolute atomic E-state index is 13.0. The van der Waals surface area contributed by atoms with Gasteiger partial charge < -0.3 is 24.6 Å². The molecule has 1 fully saturated rings. The van der Waals surface area contributed by atoms with E-state index < -0.39 is 5.60 Å². The SMILES string of the molecule is CCCOc1ccc(C(=O)N2CCN(c3ccc(NC(=O)C(C)(C)Oc4ccc(Br)cc4)cc3Cl)CC2)cc1. The Bertz CT molecular complexity index is 1290. The molecule has 9 heteroatoms. The van der Waals surface area contributed by atoms with Gasteiger partial charge >= 0.3 is 0 Å². The molecule has 0 aromatic heterocycles. The number of carbonyl (C=O) groups excluding carboxylic acids is 2. The molecule has 1 heterocycles. The van der Waals surface area contributed by atoms with Crippen molar-refractivity contribution >= 4 is 50.7 Å². The Morgan fingerprint density at radius 3 is 2.21 bits per heavy atom. The predicted octanol–water partition coefficient (Wildman–Crippen LogP) is 6.65. The van der Waals surface area contributed by atoms with Crippen molar-refractivity contribution in [2.24, 2.45) is 0 Å². The highest BCUT2D eigenvalue weighted by Crippen LogP contribution is 2.31. The third kappa shape index (κ3) is 7.46. The summed E-state index contributed by atoms with van der Waals surface area (Å²) in [6, 6.07) is 20.1. The lowest BCUT2D eigenvalue weighted by Crippen LogP contribution is -2.48. The van der Waals surface area contributed by atoms with Crippen molar-refractivity contribution in [3.8, 4) is 11.5 Å². The van der Waals surface area contributed by atoms with Crippen LogP contribution in [-0.4, -0.2) is 55.1 Å². The molecule has 3 aromatic carbocycles. The van der Waals surface area contributed by atoms with E-state index in [0.29, 0.717) is 54.8 Å². The molecule has 0 spiro atoms. The van der Waals surface area contributed by atoms with Gasteiger partial charge in [0.05, 0.1) is 17.3 Å². The molecule has 1 aliphatic heterocycles. The number of nitrogens with one attached hydrogen (secondary N) is 1. The van der Waals surface area contributed by atoms with Crippen molar-refractivity contribution in [2.75, 3.05) is 43.0 Å². The first kappa shape index (κ1) is 28.8. The maximum Gasteiger partial charge on any atom is 0.267 e. The monoisotopic (exact) mass is 613 g/mol. The molecular weight excluding hydrogens is 582 g/mol. The van der Waals surface area contributed by atoms with Gasteiger partial charge in [0.1, 0.15) is 11.5 Å². The molecule has 0 saturated carbocycles. The predicted molar refractivity (Wildman–Crippen MR) is 159 cm³/mol. The standard InChI is InChI=1S/C30H33BrClN3O4/c1-4-19-38-24-10-5-21(6-11-24)28(36)35-17-15-34(16-18-35)27-14-9-23(20-26(27)32)33-29(37)30(2,3)39-25-12-7-22(31)8-13-25/h5-14,20H,4,15-19H2,1-3H3,(H,33,37). The topological polar surface area (TPSA) is 71.1 Å². The lowest BCUT2D eigenvalue weighted by Gasteiger charge is -2.36. The van der Waals surface area contributed by atoms with E-state index >= 15 is 0 Å². The lowest BCUT2D eigenvalue weighted by molar-refractivity contribution is -0.128. The van der Waals surface area contributed by atoms with Crippen molar-refractivity contribution in [2.45, 2.75) is 32.8 Å². The fourth-order valence-corrected chi connectivity index (χ4v) is 4.78. The van der Waals surface area contributed by atoms with Crippen molar-refractivity contribution in [3.63, 3.8) is 0 Å². The summed E-state index contributed by atoms with van der Waals surface area (Å²) in [5.41, 5.74) is 1.01. The second-order valence-corrected chi connectivity index (χ2v) is 11.2. The summed E-state index contributed by atoms with van der Waals surface area (Å²) in [6.45, 7) is 8.63. The van der Waals surface area contributed by atoms with E-state index in [9.17, 15) is 9.59 Å². The zero-order valence-corrected chi connectivity index (χ0v) is 24.7. The van der Waals surface area contributed by atoms with Gasteiger partial charge in [0, 0.05) is 41.9 Å². The first-order valence-corrected chi connectivity index (χ1v) is 14.2. The Morgan fingerprint density at radius 1 is 0.949 bits per heavy atom. The zero-order chi connectivity index (χ0) is 28.0. The Kier molecular flexibility index (Phi) is 9.40. The van der Waals surface area contributed by atoms with Gasteiger partial charge in [0.25, 0.3) is 11.8 Å². The Balaban J connectivity index is 1.32. The molecule has 4 rings (SSSR count). The molecule has 2 amide bonds. The van der Waals surface area contributed by atoms with Crippen LogP contribution >= 0.6 is 27.5 Å². The van der Waals surface area contributed by atoms with Crippen LogP contribution in [0.25, 0.3) is 0 Å². The normalized spacial score (nSPS) is 13.7. The van der Waals surface area contributed by atoms with Gasteiger partial charge in [-0.05, 0) is 87.0 Å². The number of nitrogens with zero attached hydrogens (tertiary/aromatic N) is 2. The summed E-state index contributed by atoms with van der Waals surface area (Å²) in [5, 5.41) is 3.43. The molecule has 1 saturated heterocycles. The molecule has 206 valence electrons. The molecule has 7 nitrogen and oxygen atoms in total. The van der Waals surface area contributed by atoms with Crippen molar-refractivity contribution in [1.82, 2.24) is 4.90 Å². The van der Waals surface area contributed by atoms with Gasteiger partial charge in [-0.15, -0.1) is 0 Å². The minimum absolute atomic E-state index is 0.00817. The van der Waals surface area contributed by atoms with Crippen LogP contribution < -0.4 is 19.7 Å². The van der Waals surface area contributed by atoms with Gasteiger partial charge in [-0.25, -0.2) is 0 Å². The summed E-state index contributed by atoms with van der Waals surface area (Å²) in [7, 11) is 0. The van der Waals surface area contributed by atoms with E-state index in [1.807, 2.05) is 53.4 Å². The fourth-order valence-electron chi connectivity index (χ4n) is 4.21. The van der Waals surface area contributed by atoms with E-state index in [2.05, 4.69) is 33.1 Å². The van der Waals surface area contributed by atoms with E-state index in [1.54, 1.807) is 32.0 Å². The minimum Gasteiger partial charge on any atom is -0.494 e. The maximum atomic E-state index is 13.0. The number of benzene rings is 3. The molecule has 0 atom stereocenters. The molecule has 0 radical (unpaired) electrons. The number of ether oxygens (including phenoxy) is 2. The largest absolute Gasteiger partial charge is 0.494 e. The number of hydrogen-bond donors (Lipinski definition) is 1. The Hall–Kier alpha value is -3.23. The second kappa shape index (κ2) is 12.7. The van der Waals surface area contributed by atoms with Gasteiger partial charge in [0.15, 0.2) is 5.60 Å². The molecule has 1 N–H and O–H groups in total. The molecule has 0 bridgehead atoms. The Morgan fingerprint density at radius 2 is 1.59 bits per heavy atom. The van der Waals surface area contributed by atoms with Crippen molar-refractivity contribution < 1.29 is 19.1 Å². The zero-order valence-electron chi connectivity index (χ0n) is 22.4. The van der Waals surface area contributed by atoms with Crippen LogP contribution in [0.4, 0.5) is 11.4 Å². The van der Waals surface area contributed by atoms with E-state index in [4.69, 9.17) is 21.1 Å². The molecule has 0 unspecified atom stereocenters. The molecule has 0 aliphatic carbocycles. The van der Waals surface area contributed by atoms with Crippen LogP contribution in [-0.2, 0) is 4.79 Å². The minimum atomic E-state index is -1.09. The Labute approximate surface area is 243 Å². The first-order chi connectivity index (χ1) is 18.7. The highest BCUT2D eigenvalue weighted by Gasteiger charge is 2.30. The van der Waals surface area contributed by atoms with Crippen molar-refractivity contribution in [3.05, 3.63) is 81.8 Å². The molecular formula is C30H33BrClN3O4. The number of hydrogen-bond acceptors (Lipinski definition) is 5. The smallest absolute Gasteiger partial charge is 0.267 e. The average molecular weight is 615 g/mol. The van der Waals surface area contributed by atoms with Crippen LogP contribution in [0.15, 0.2) is 71.2 Å². The number of amides is 2. The van der Waals surface area contributed by atoms with Crippen LogP contribution in [0.1, 0.15) is 37.6 Å². The van der Waals surface area contributed by atoms with Crippen LogP contribution in [0, 0.1) is 0 Å². The summed E-state index contributed by atoms with van der Waals surface area (Å²) < 4.78 is 12.5. The molecule has 3 aromatic rings. The number of carbonyl (C=O) groups is 2.